The molecule has 0 fully saturated rings. The summed E-state index contributed by atoms with van der Waals surface area (Å²) in [6.07, 6.45) is 34.8. The van der Waals surface area contributed by atoms with E-state index >= 15 is 0 Å². The van der Waals surface area contributed by atoms with E-state index in [1.165, 1.54) is 141 Å². The SMILES string of the molecule is CCCCCCCCCCCCCCC[O-].CCCCCCCCCCCCCCC[O-].[Mn+2]. The van der Waals surface area contributed by atoms with E-state index in [4.69, 9.17) is 0 Å². The Morgan fingerprint density at radius 1 is 0.273 bits per heavy atom. The number of rotatable bonds is 26. The first-order valence-electron chi connectivity index (χ1n) is 15.0. The van der Waals surface area contributed by atoms with Crippen LogP contribution in [0.25, 0.3) is 0 Å². The van der Waals surface area contributed by atoms with Crippen molar-refractivity contribution < 1.29 is 27.3 Å². The van der Waals surface area contributed by atoms with Gasteiger partial charge in [0.1, 0.15) is 0 Å². The molecule has 0 aliphatic carbocycles. The van der Waals surface area contributed by atoms with Gasteiger partial charge in [-0.3, -0.25) is 0 Å². The molecule has 0 rings (SSSR count). The molecular weight excluding hydrogens is 447 g/mol. The van der Waals surface area contributed by atoms with Crippen LogP contribution >= 0.6 is 0 Å². The van der Waals surface area contributed by atoms with Gasteiger partial charge in [-0.05, 0) is 0 Å². The molecule has 0 aliphatic rings. The summed E-state index contributed by atoms with van der Waals surface area (Å²) in [6.45, 7) is 4.79. The van der Waals surface area contributed by atoms with E-state index in [0.29, 0.717) is 0 Å². The molecule has 0 heterocycles. The van der Waals surface area contributed by atoms with Crippen LogP contribution < -0.4 is 10.2 Å². The standard InChI is InChI=1S/2C15H31O.Mn/c2*1-2-3-4-5-6-7-8-9-10-11-12-13-14-15-16;/h2*2-15H2,1H3;/q2*-1;+2. The van der Waals surface area contributed by atoms with Gasteiger partial charge in [-0.15, -0.1) is 13.2 Å². The van der Waals surface area contributed by atoms with Crippen molar-refractivity contribution in [1.29, 1.82) is 0 Å². The quantitative estimate of drug-likeness (QED) is 0.0863. The Morgan fingerprint density at radius 3 is 0.576 bits per heavy atom. The van der Waals surface area contributed by atoms with Crippen LogP contribution in [-0.2, 0) is 17.1 Å². The molecule has 0 spiro atoms. The first-order valence-corrected chi connectivity index (χ1v) is 15.0. The number of hydrogen-bond acceptors (Lipinski definition) is 2. The molecule has 33 heavy (non-hydrogen) atoms. The van der Waals surface area contributed by atoms with Gasteiger partial charge in [0.05, 0.1) is 0 Å². The summed E-state index contributed by atoms with van der Waals surface area (Å²) < 4.78 is 0. The van der Waals surface area contributed by atoms with Crippen molar-refractivity contribution in [2.45, 2.75) is 181 Å². The minimum Gasteiger partial charge on any atom is -0.854 e. The molecule has 0 bridgehead atoms. The average molecular weight is 510 g/mol. The molecule has 0 N–H and O–H groups in total. The van der Waals surface area contributed by atoms with E-state index in [0.717, 1.165) is 25.7 Å². The summed E-state index contributed by atoms with van der Waals surface area (Å²) in [5, 5.41) is 20.4. The van der Waals surface area contributed by atoms with Gasteiger partial charge in [0.25, 0.3) is 0 Å². The zero-order valence-electron chi connectivity index (χ0n) is 23.0. The maximum Gasteiger partial charge on any atom is 2.00 e. The van der Waals surface area contributed by atoms with Crippen molar-refractivity contribution in [3.8, 4) is 0 Å². The zero-order chi connectivity index (χ0) is 23.8. The second kappa shape index (κ2) is 39.6. The normalized spacial score (nSPS) is 10.5. The molecule has 0 saturated carbocycles. The number of hydrogen-bond donors (Lipinski definition) is 0. The van der Waals surface area contributed by atoms with Crippen molar-refractivity contribution in [2.75, 3.05) is 13.2 Å². The predicted molar refractivity (Wildman–Crippen MR) is 141 cm³/mol. The van der Waals surface area contributed by atoms with Crippen molar-refractivity contribution in [3.63, 3.8) is 0 Å². The molecule has 0 aromatic carbocycles. The van der Waals surface area contributed by atoms with Crippen molar-refractivity contribution in [3.05, 3.63) is 0 Å². The van der Waals surface area contributed by atoms with Gasteiger partial charge < -0.3 is 10.2 Å². The molecule has 0 unspecified atom stereocenters. The van der Waals surface area contributed by atoms with Crippen LogP contribution in [0.15, 0.2) is 0 Å². The largest absolute Gasteiger partial charge is 2.00 e. The molecule has 0 atom stereocenters. The van der Waals surface area contributed by atoms with Gasteiger partial charge in [-0.2, -0.15) is 0 Å². The summed E-state index contributed by atoms with van der Waals surface area (Å²) in [5.74, 6) is 0. The third-order valence-corrected chi connectivity index (χ3v) is 6.50. The van der Waals surface area contributed by atoms with Gasteiger partial charge in [0, 0.05) is 0 Å². The average Bonchev–Trinajstić information content (AvgIpc) is 2.81. The van der Waals surface area contributed by atoms with E-state index in [9.17, 15) is 10.2 Å². The monoisotopic (exact) mass is 509 g/mol. The molecule has 0 aromatic heterocycles. The first kappa shape index (κ1) is 38.0. The first-order chi connectivity index (χ1) is 15.8. The van der Waals surface area contributed by atoms with Gasteiger partial charge in [-0.25, -0.2) is 0 Å². The zero-order valence-corrected chi connectivity index (χ0v) is 24.2. The molecule has 1 radical (unpaired) electrons. The van der Waals surface area contributed by atoms with Crippen LogP contribution in [0, 0.1) is 0 Å². The Balaban J connectivity index is -0.000000529. The summed E-state index contributed by atoms with van der Waals surface area (Å²) >= 11 is 0. The maximum atomic E-state index is 10.2. The Bertz CT molecular complexity index is 230. The molecule has 0 amide bonds. The minimum atomic E-state index is 0. The Morgan fingerprint density at radius 2 is 0.424 bits per heavy atom. The fourth-order valence-electron chi connectivity index (χ4n) is 4.24. The fourth-order valence-corrected chi connectivity index (χ4v) is 4.24. The summed E-state index contributed by atoms with van der Waals surface area (Å²) in [6, 6.07) is 0. The third kappa shape index (κ3) is 43.0. The topological polar surface area (TPSA) is 46.1 Å². The van der Waals surface area contributed by atoms with Crippen LogP contribution in [0.1, 0.15) is 181 Å². The van der Waals surface area contributed by atoms with Gasteiger partial charge in [-0.1, -0.05) is 181 Å². The molecule has 3 heteroatoms. The number of unbranched alkanes of at least 4 members (excludes halogenated alkanes) is 24. The van der Waals surface area contributed by atoms with Crippen molar-refractivity contribution in [2.24, 2.45) is 0 Å². The molecule has 0 aromatic rings. The smallest absolute Gasteiger partial charge is 0.854 e. The molecule has 2 nitrogen and oxygen atoms in total. The van der Waals surface area contributed by atoms with E-state index in [-0.39, 0.29) is 30.3 Å². The summed E-state index contributed by atoms with van der Waals surface area (Å²) in [4.78, 5) is 0. The third-order valence-electron chi connectivity index (χ3n) is 6.50. The van der Waals surface area contributed by atoms with Crippen molar-refractivity contribution >= 4 is 0 Å². The second-order valence-corrected chi connectivity index (χ2v) is 9.89. The van der Waals surface area contributed by atoms with Crippen LogP contribution in [0.5, 0.6) is 0 Å². The Kier molecular flexibility index (Phi) is 45.6. The molecule has 0 saturated heterocycles. The molecular formula is C30H62MnO2. The van der Waals surface area contributed by atoms with Crippen molar-refractivity contribution in [1.82, 2.24) is 0 Å². The second-order valence-electron chi connectivity index (χ2n) is 9.89. The van der Waals surface area contributed by atoms with Crippen LogP contribution in [0.2, 0.25) is 0 Å². The fraction of sp³-hybridized carbons (Fsp3) is 1.00. The molecule has 0 aliphatic heterocycles. The van der Waals surface area contributed by atoms with E-state index in [1.54, 1.807) is 0 Å². The Labute approximate surface area is 221 Å². The minimum absolute atomic E-state index is 0. The Hall–Kier alpha value is 0.439. The summed E-state index contributed by atoms with van der Waals surface area (Å²) in [5.41, 5.74) is 0. The van der Waals surface area contributed by atoms with Crippen LogP contribution in [-0.4, -0.2) is 13.2 Å². The van der Waals surface area contributed by atoms with Gasteiger partial charge in [0.15, 0.2) is 0 Å². The predicted octanol–water partition coefficient (Wildman–Crippen LogP) is 8.87. The van der Waals surface area contributed by atoms with Gasteiger partial charge >= 0.3 is 17.1 Å². The maximum absolute atomic E-state index is 10.2. The van der Waals surface area contributed by atoms with Crippen LogP contribution in [0.4, 0.5) is 0 Å². The van der Waals surface area contributed by atoms with E-state index in [2.05, 4.69) is 13.8 Å². The van der Waals surface area contributed by atoms with E-state index < -0.39 is 0 Å². The molecule has 201 valence electrons. The van der Waals surface area contributed by atoms with Crippen LogP contribution in [0.3, 0.4) is 0 Å². The van der Waals surface area contributed by atoms with E-state index in [1.807, 2.05) is 0 Å². The summed E-state index contributed by atoms with van der Waals surface area (Å²) in [7, 11) is 0. The van der Waals surface area contributed by atoms with Gasteiger partial charge in [0.2, 0.25) is 0 Å².